The highest BCUT2D eigenvalue weighted by atomic mass is 16.1. The summed E-state index contributed by atoms with van der Waals surface area (Å²) in [6.07, 6.45) is 1.93. The number of benzene rings is 2. The van der Waals surface area contributed by atoms with E-state index in [1.807, 2.05) is 18.2 Å². The Labute approximate surface area is 179 Å². The molecule has 2 aromatic rings. The molecule has 4 N–H and O–H groups in total. The van der Waals surface area contributed by atoms with Gasteiger partial charge in [0.1, 0.15) is 0 Å². The van der Waals surface area contributed by atoms with E-state index in [2.05, 4.69) is 58.9 Å². The molecule has 6 nitrogen and oxygen atoms in total. The molecule has 30 heavy (non-hydrogen) atoms. The molecule has 160 valence electrons. The van der Waals surface area contributed by atoms with Crippen molar-refractivity contribution in [2.75, 3.05) is 19.6 Å². The van der Waals surface area contributed by atoms with Gasteiger partial charge in [-0.3, -0.25) is 9.69 Å². The molecule has 0 radical (unpaired) electrons. The summed E-state index contributed by atoms with van der Waals surface area (Å²) in [5, 5.41) is 6.70. The van der Waals surface area contributed by atoms with Gasteiger partial charge in [-0.1, -0.05) is 54.6 Å². The van der Waals surface area contributed by atoms with Gasteiger partial charge in [-0.15, -0.1) is 0 Å². The Bertz CT molecular complexity index is 836. The first-order chi connectivity index (χ1) is 14.6. The highest BCUT2D eigenvalue weighted by molar-refractivity contribution is 5.79. The van der Waals surface area contributed by atoms with Crippen LogP contribution >= 0.6 is 0 Å². The molecule has 1 saturated heterocycles. The number of guanidine groups is 1. The van der Waals surface area contributed by atoms with Crippen molar-refractivity contribution in [2.24, 2.45) is 16.6 Å². The van der Waals surface area contributed by atoms with Crippen molar-refractivity contribution in [2.45, 2.75) is 39.4 Å². The van der Waals surface area contributed by atoms with E-state index in [1.54, 1.807) is 0 Å². The Morgan fingerprint density at radius 3 is 2.63 bits per heavy atom. The number of hydrogen-bond acceptors (Lipinski definition) is 3. The Morgan fingerprint density at radius 2 is 1.87 bits per heavy atom. The van der Waals surface area contributed by atoms with E-state index in [0.717, 1.165) is 51.5 Å². The van der Waals surface area contributed by atoms with E-state index < -0.39 is 0 Å². The molecule has 2 aromatic carbocycles. The average molecular weight is 408 g/mol. The van der Waals surface area contributed by atoms with Crippen LogP contribution in [0.25, 0.3) is 0 Å². The molecule has 1 aliphatic heterocycles. The fraction of sp³-hybridized carbons (Fsp3) is 0.417. The first-order valence-electron chi connectivity index (χ1n) is 10.8. The maximum Gasteiger partial charge on any atom is 0.221 e. The lowest BCUT2D eigenvalue weighted by atomic mass is 9.97. The zero-order chi connectivity index (χ0) is 21.2. The molecule has 1 heterocycles. The fourth-order valence-electron chi connectivity index (χ4n) is 3.81. The van der Waals surface area contributed by atoms with E-state index in [0.29, 0.717) is 6.54 Å². The van der Waals surface area contributed by atoms with Gasteiger partial charge in [0.25, 0.3) is 0 Å². The third-order valence-corrected chi connectivity index (χ3v) is 5.37. The number of rotatable bonds is 8. The molecule has 1 aliphatic rings. The van der Waals surface area contributed by atoms with Crippen LogP contribution in [-0.2, 0) is 24.4 Å². The molecule has 1 amide bonds. The monoisotopic (exact) mass is 407 g/mol. The van der Waals surface area contributed by atoms with Gasteiger partial charge in [-0.05, 0) is 43.0 Å². The molecule has 1 atom stereocenters. The van der Waals surface area contributed by atoms with Gasteiger partial charge in [0.05, 0.1) is 12.5 Å². The van der Waals surface area contributed by atoms with Gasteiger partial charge in [0, 0.05) is 26.2 Å². The number of carbonyl (C=O) groups excluding carboxylic acids is 1. The highest BCUT2D eigenvalue weighted by Crippen LogP contribution is 2.19. The molecule has 0 spiro atoms. The van der Waals surface area contributed by atoms with Crippen molar-refractivity contribution in [1.29, 1.82) is 0 Å². The van der Waals surface area contributed by atoms with Crippen LogP contribution in [0.15, 0.2) is 59.6 Å². The second kappa shape index (κ2) is 11.4. The van der Waals surface area contributed by atoms with Gasteiger partial charge in [0.2, 0.25) is 5.91 Å². The lowest BCUT2D eigenvalue weighted by Crippen LogP contribution is -2.40. The first-order valence-corrected chi connectivity index (χ1v) is 10.8. The van der Waals surface area contributed by atoms with Gasteiger partial charge in [0.15, 0.2) is 5.96 Å². The zero-order valence-corrected chi connectivity index (χ0v) is 17.8. The van der Waals surface area contributed by atoms with Crippen LogP contribution in [0.2, 0.25) is 0 Å². The SMILES string of the molecule is CCNC(=NCc1cccc(CN2CCCC(C(N)=O)C2)c1)NCc1ccccc1. The minimum atomic E-state index is -0.179. The number of aliphatic imine (C=N–C) groups is 1. The number of primary amides is 1. The molecule has 6 heteroatoms. The van der Waals surface area contributed by atoms with Crippen LogP contribution in [0, 0.1) is 5.92 Å². The highest BCUT2D eigenvalue weighted by Gasteiger charge is 2.23. The summed E-state index contributed by atoms with van der Waals surface area (Å²) in [5.74, 6) is 0.610. The molecule has 3 rings (SSSR count). The number of nitrogens with one attached hydrogen (secondary N) is 2. The Balaban J connectivity index is 1.57. The number of hydrogen-bond donors (Lipinski definition) is 3. The lowest BCUT2D eigenvalue weighted by molar-refractivity contribution is -0.123. The van der Waals surface area contributed by atoms with Crippen LogP contribution < -0.4 is 16.4 Å². The summed E-state index contributed by atoms with van der Waals surface area (Å²) in [5.41, 5.74) is 9.15. The normalized spacial score (nSPS) is 17.5. The number of likely N-dealkylation sites (tertiary alicyclic amines) is 1. The maximum atomic E-state index is 11.5. The predicted octanol–water partition coefficient (Wildman–Crippen LogP) is 2.64. The van der Waals surface area contributed by atoms with Crippen molar-refractivity contribution >= 4 is 11.9 Å². The number of piperidine rings is 1. The Kier molecular flexibility index (Phi) is 8.27. The third kappa shape index (κ3) is 6.88. The standard InChI is InChI=1S/C24H33N5O/c1-2-26-24(27-15-19-8-4-3-5-9-19)28-16-20-10-6-11-21(14-20)17-29-13-7-12-22(18-29)23(25)30/h3-6,8-11,14,22H,2,7,12-13,15-18H2,1H3,(H2,25,30)(H2,26,27,28). The number of nitrogens with zero attached hydrogens (tertiary/aromatic N) is 2. The minimum absolute atomic E-state index is 0.0232. The topological polar surface area (TPSA) is 82.8 Å². The summed E-state index contributed by atoms with van der Waals surface area (Å²) >= 11 is 0. The summed E-state index contributed by atoms with van der Waals surface area (Å²) in [6, 6.07) is 18.8. The Hall–Kier alpha value is -2.86. The quantitative estimate of drug-likeness (QED) is 0.464. The molecule has 0 saturated carbocycles. The number of nitrogens with two attached hydrogens (primary N) is 1. The van der Waals surface area contributed by atoms with E-state index in [1.165, 1.54) is 16.7 Å². The molecule has 0 bridgehead atoms. The second-order valence-electron chi connectivity index (χ2n) is 7.83. The maximum absolute atomic E-state index is 11.5. The number of carbonyl (C=O) groups is 1. The summed E-state index contributed by atoms with van der Waals surface area (Å²) in [7, 11) is 0. The van der Waals surface area contributed by atoms with E-state index in [4.69, 9.17) is 10.7 Å². The first kappa shape index (κ1) is 21.8. The molecular weight excluding hydrogens is 374 g/mol. The lowest BCUT2D eigenvalue weighted by Gasteiger charge is -2.31. The summed E-state index contributed by atoms with van der Waals surface area (Å²) in [6.45, 7) is 6.85. The van der Waals surface area contributed by atoms with Gasteiger partial charge >= 0.3 is 0 Å². The van der Waals surface area contributed by atoms with Crippen LogP contribution in [0.3, 0.4) is 0 Å². The summed E-state index contributed by atoms with van der Waals surface area (Å²) < 4.78 is 0. The van der Waals surface area contributed by atoms with E-state index in [-0.39, 0.29) is 11.8 Å². The second-order valence-corrected chi connectivity index (χ2v) is 7.83. The molecule has 0 aliphatic carbocycles. The molecular formula is C24H33N5O. The van der Waals surface area contributed by atoms with Crippen LogP contribution in [0.4, 0.5) is 0 Å². The zero-order valence-electron chi connectivity index (χ0n) is 17.8. The van der Waals surface area contributed by atoms with Crippen molar-refractivity contribution < 1.29 is 4.79 Å². The van der Waals surface area contributed by atoms with Gasteiger partial charge < -0.3 is 16.4 Å². The van der Waals surface area contributed by atoms with Gasteiger partial charge in [-0.25, -0.2) is 4.99 Å². The molecule has 0 aromatic heterocycles. The predicted molar refractivity (Wildman–Crippen MR) is 122 cm³/mol. The molecule has 1 unspecified atom stereocenters. The van der Waals surface area contributed by atoms with Crippen molar-refractivity contribution in [1.82, 2.24) is 15.5 Å². The van der Waals surface area contributed by atoms with Crippen molar-refractivity contribution in [3.63, 3.8) is 0 Å². The van der Waals surface area contributed by atoms with Gasteiger partial charge in [-0.2, -0.15) is 0 Å². The average Bonchev–Trinajstić information content (AvgIpc) is 2.77. The van der Waals surface area contributed by atoms with E-state index in [9.17, 15) is 4.79 Å². The summed E-state index contributed by atoms with van der Waals surface area (Å²) in [4.78, 5) is 18.6. The largest absolute Gasteiger partial charge is 0.369 e. The fourth-order valence-corrected chi connectivity index (χ4v) is 3.81. The third-order valence-electron chi connectivity index (χ3n) is 5.37. The number of amides is 1. The van der Waals surface area contributed by atoms with Crippen LogP contribution in [-0.4, -0.2) is 36.4 Å². The minimum Gasteiger partial charge on any atom is -0.369 e. The smallest absolute Gasteiger partial charge is 0.221 e. The van der Waals surface area contributed by atoms with Crippen LogP contribution in [0.1, 0.15) is 36.5 Å². The van der Waals surface area contributed by atoms with E-state index >= 15 is 0 Å². The van der Waals surface area contributed by atoms with Crippen molar-refractivity contribution in [3.8, 4) is 0 Å². The van der Waals surface area contributed by atoms with Crippen LogP contribution in [0.5, 0.6) is 0 Å². The Morgan fingerprint density at radius 1 is 1.10 bits per heavy atom. The van der Waals surface area contributed by atoms with Crippen molar-refractivity contribution in [3.05, 3.63) is 71.3 Å². The molecule has 1 fully saturated rings.